The van der Waals surface area contributed by atoms with Gasteiger partial charge in [-0.15, -0.1) is 0 Å². The van der Waals surface area contributed by atoms with E-state index in [1.165, 1.54) is 53.4 Å². The van der Waals surface area contributed by atoms with Gasteiger partial charge in [0.05, 0.1) is 6.42 Å². The van der Waals surface area contributed by atoms with E-state index in [-0.39, 0.29) is 177 Å². The monoisotopic (exact) mass is 1670 g/mol. The summed E-state index contributed by atoms with van der Waals surface area (Å²) in [6.45, 7) is 10.5. The molecule has 3 aliphatic heterocycles. The number of benzene rings is 2. The number of amides is 14. The van der Waals surface area contributed by atoms with Crippen molar-refractivity contribution >= 4 is 107 Å². The molecular formula is C78H121N21O20. The van der Waals surface area contributed by atoms with Crippen LogP contribution in [0.1, 0.15) is 175 Å². The van der Waals surface area contributed by atoms with Gasteiger partial charge >= 0.3 is 11.9 Å². The van der Waals surface area contributed by atoms with Crippen molar-refractivity contribution in [1.29, 1.82) is 0 Å². The van der Waals surface area contributed by atoms with Crippen LogP contribution in [-0.2, 0) is 89.6 Å². The molecule has 119 heavy (non-hydrogen) atoms. The van der Waals surface area contributed by atoms with Crippen LogP contribution < -0.4 is 92.9 Å². The first kappa shape index (κ1) is 97.6. The quantitative estimate of drug-likeness (QED) is 0.0172. The zero-order valence-electron chi connectivity index (χ0n) is 68.3. The second-order valence-electron chi connectivity index (χ2n) is 31.1. The summed E-state index contributed by atoms with van der Waals surface area (Å²) in [5, 5.41) is 68.7. The minimum Gasteiger partial charge on any atom is -0.508 e. The molecule has 3 heterocycles. The number of likely N-dealkylation sites (tertiary alicyclic amines) is 2. The van der Waals surface area contributed by atoms with Crippen molar-refractivity contribution in [3.63, 3.8) is 0 Å². The Morgan fingerprint density at radius 3 is 1.34 bits per heavy atom. The molecule has 0 radical (unpaired) electrons. The molecule has 3 aliphatic rings. The van der Waals surface area contributed by atoms with Crippen LogP contribution in [0.25, 0.3) is 0 Å². The van der Waals surface area contributed by atoms with Gasteiger partial charge in [-0.1, -0.05) is 72.2 Å². The highest BCUT2D eigenvalue weighted by atomic mass is 16.4. The van der Waals surface area contributed by atoms with Gasteiger partial charge in [0.2, 0.25) is 82.7 Å². The van der Waals surface area contributed by atoms with E-state index >= 15 is 9.59 Å². The van der Waals surface area contributed by atoms with Crippen molar-refractivity contribution in [2.24, 2.45) is 62.1 Å². The normalized spacial score (nSPS) is 17.8. The summed E-state index contributed by atoms with van der Waals surface area (Å²) in [5.74, 6) is -16.7. The number of primary amides is 1. The Hall–Kier alpha value is -11.9. The molecule has 41 nitrogen and oxygen atoms in total. The third kappa shape index (κ3) is 32.8. The predicted octanol–water partition coefficient (Wildman–Crippen LogP) is -3.81. The number of carboxylic acid groups (broad SMARTS) is 2. The van der Waals surface area contributed by atoms with Crippen molar-refractivity contribution in [2.75, 3.05) is 32.7 Å². The lowest BCUT2D eigenvalue weighted by molar-refractivity contribution is -0.144. The maximum atomic E-state index is 15.1. The second-order valence-corrected chi connectivity index (χ2v) is 31.1. The first-order valence-electron chi connectivity index (χ1n) is 40.3. The molecule has 658 valence electrons. The van der Waals surface area contributed by atoms with Gasteiger partial charge in [-0.2, -0.15) is 0 Å². The number of nitrogens with one attached hydrogen (secondary N) is 11. The van der Waals surface area contributed by atoms with Crippen LogP contribution in [0.2, 0.25) is 0 Å². The van der Waals surface area contributed by atoms with Gasteiger partial charge in [0.1, 0.15) is 90.0 Å². The van der Waals surface area contributed by atoms with Crippen molar-refractivity contribution < 1.29 is 97.1 Å². The number of hydrogen-bond donors (Lipinski definition) is 21. The molecule has 5 rings (SSSR count). The van der Waals surface area contributed by atoms with Crippen molar-refractivity contribution in [3.8, 4) is 11.5 Å². The molecule has 14 amide bonds. The van der Waals surface area contributed by atoms with Crippen LogP contribution in [0.15, 0.2) is 58.5 Å². The molecule has 3 saturated heterocycles. The number of aliphatic carboxylic acids is 2. The van der Waals surface area contributed by atoms with Crippen LogP contribution in [-0.4, -0.2) is 248 Å². The number of phenols is 2. The minimum absolute atomic E-state index is 0.00423. The Labute approximate surface area is 690 Å². The molecule has 0 unspecified atom stereocenters. The smallest absolute Gasteiger partial charge is 0.326 e. The van der Waals surface area contributed by atoms with Crippen LogP contribution in [0.4, 0.5) is 0 Å². The van der Waals surface area contributed by atoms with Gasteiger partial charge in [-0.3, -0.25) is 81.9 Å². The standard InChI is InChI=1S/C78H121N21O20/c1-7-43(6)63(73(115)96-57(76(118)119)37-42(4)5)97-70(112)55(39-45-21-25-47(101)26-22-45)95-72(114)59-18-13-35-99(59)75(117)52(16-11-33-86-78(83)84)90-64(106)48(15-10-32-85-77(81)82)89-71(113)58-17-12-34-98(58)74(116)51(14-8-9-31-79)91-69(111)56(40-60(80)102)94-66(108)50(28-30-62(104)105)88-68(110)54(38-44-19-23-46(100)24-20-44)93-67(109)53(36-41(2)3)92-65(107)49-27-29-61(103)87-49/h19-26,41-43,48-59,63,100-101H,7-18,27-40,79H2,1-6H3,(H2,80,102)(H,87,103)(H,88,110)(H,89,113)(H,90,106)(H,91,111)(H,92,107)(H,93,109)(H,94,108)(H,95,114)(H,96,115)(H,97,112)(H,104,105)(H,118,119)(H4,81,82,85)(H4,83,84,86)/t43-,48-,49-,50-,51-,52-,53-,54+,55-,56-,57-,58-,59-,63-/m0/s1. The molecule has 0 aromatic heterocycles. The van der Waals surface area contributed by atoms with Crippen LogP contribution in [0, 0.1) is 17.8 Å². The summed E-state index contributed by atoms with van der Waals surface area (Å²) in [5.41, 5.74) is 34.9. The molecule has 3 fully saturated rings. The fourth-order valence-corrected chi connectivity index (χ4v) is 14.0. The highest BCUT2D eigenvalue weighted by molar-refractivity contribution is 6.01. The van der Waals surface area contributed by atoms with E-state index in [1.54, 1.807) is 41.5 Å². The Morgan fingerprint density at radius 2 is 0.882 bits per heavy atom. The Balaban J connectivity index is 1.41. The molecule has 0 spiro atoms. The highest BCUT2D eigenvalue weighted by Crippen LogP contribution is 2.25. The third-order valence-electron chi connectivity index (χ3n) is 20.5. The van der Waals surface area contributed by atoms with E-state index in [2.05, 4.69) is 68.5 Å². The number of guanidine groups is 2. The van der Waals surface area contributed by atoms with Crippen molar-refractivity contribution in [3.05, 3.63) is 59.7 Å². The maximum Gasteiger partial charge on any atom is 0.326 e. The molecule has 14 atom stereocenters. The topological polar surface area (TPSA) is 674 Å². The zero-order valence-corrected chi connectivity index (χ0v) is 68.3. The fraction of sp³-hybridized carbons (Fsp3) is 0.615. The molecule has 0 aliphatic carbocycles. The SMILES string of the molecule is CC[C@H](C)[C@H](NC(=O)[C@H](Cc1ccc(O)cc1)NC(=O)[C@@H]1CCCN1C(=O)[C@H](CCCN=C(N)N)NC(=O)[C@H](CCCN=C(N)N)NC(=O)[C@@H]1CCCN1C(=O)[C@H](CCCCN)NC(=O)[C@H](CC(N)=O)NC(=O)[C@H](CCC(=O)O)NC(=O)[C@@H](Cc1ccc(O)cc1)NC(=O)[C@H](CC(C)C)NC(=O)[C@@H]1CCC(=O)N1)C(=O)N[C@@H](CC(C)C)C(=O)O. The predicted molar refractivity (Wildman–Crippen MR) is 433 cm³/mol. The minimum atomic E-state index is -1.93. The number of rotatable bonds is 50. The lowest BCUT2D eigenvalue weighted by atomic mass is 9.96. The number of carbonyl (C=O) groups is 16. The van der Waals surface area contributed by atoms with Crippen LogP contribution in [0.3, 0.4) is 0 Å². The Morgan fingerprint density at radius 1 is 0.479 bits per heavy atom. The number of aliphatic imine (C=N–C) groups is 2. The van der Waals surface area contributed by atoms with Gasteiger partial charge in [0.15, 0.2) is 11.9 Å². The summed E-state index contributed by atoms with van der Waals surface area (Å²) < 4.78 is 0. The zero-order chi connectivity index (χ0) is 88.3. The van der Waals surface area contributed by atoms with Crippen molar-refractivity contribution in [1.82, 2.24) is 68.3 Å². The van der Waals surface area contributed by atoms with Gasteiger partial charge < -0.3 is 123 Å². The summed E-state index contributed by atoms with van der Waals surface area (Å²) in [7, 11) is 0. The number of unbranched alkanes of at least 4 members (excludes halogenated alkanes) is 1. The molecule has 27 N–H and O–H groups in total. The second kappa shape index (κ2) is 48.7. The number of nitrogens with zero attached hydrogens (tertiary/aromatic N) is 4. The van der Waals surface area contributed by atoms with E-state index in [0.29, 0.717) is 24.0 Å². The number of carbonyl (C=O) groups excluding carboxylic acids is 14. The van der Waals surface area contributed by atoms with Crippen molar-refractivity contribution in [2.45, 2.75) is 255 Å². The van der Waals surface area contributed by atoms with Gasteiger partial charge in [-0.25, -0.2) is 4.79 Å². The average molecular weight is 1670 g/mol. The number of carboxylic acids is 2. The van der Waals surface area contributed by atoms with E-state index in [1.807, 2.05) is 0 Å². The average Bonchev–Trinajstić information content (AvgIpc) is 1.76. The molecular weight excluding hydrogens is 1550 g/mol. The summed E-state index contributed by atoms with van der Waals surface area (Å²) >= 11 is 0. The lowest BCUT2D eigenvalue weighted by Crippen LogP contribution is -2.61. The summed E-state index contributed by atoms with van der Waals surface area (Å²) in [4.78, 5) is 234. The molecule has 0 bridgehead atoms. The first-order valence-corrected chi connectivity index (χ1v) is 40.3. The van der Waals surface area contributed by atoms with Crippen LogP contribution in [0.5, 0.6) is 11.5 Å². The highest BCUT2D eigenvalue weighted by Gasteiger charge is 2.44. The number of phenolic OH excluding ortho intramolecular Hbond substituents is 2. The fourth-order valence-electron chi connectivity index (χ4n) is 14.0. The molecule has 0 saturated carbocycles. The molecule has 41 heteroatoms. The number of aromatic hydroxyl groups is 2. The maximum absolute atomic E-state index is 15.1. The first-order chi connectivity index (χ1) is 56.3. The van der Waals surface area contributed by atoms with E-state index in [4.69, 9.17) is 34.4 Å². The Kier molecular flexibility index (Phi) is 39.9. The third-order valence-corrected chi connectivity index (χ3v) is 20.5. The molecule has 2 aromatic carbocycles. The van der Waals surface area contributed by atoms with E-state index in [0.717, 1.165) is 4.90 Å². The lowest BCUT2D eigenvalue weighted by Gasteiger charge is -2.32. The largest absolute Gasteiger partial charge is 0.508 e. The van der Waals surface area contributed by atoms with Crippen LogP contribution >= 0.6 is 0 Å². The van der Waals surface area contributed by atoms with Gasteiger partial charge in [0, 0.05) is 51.9 Å². The molecule has 2 aromatic rings. The number of nitrogens with two attached hydrogens (primary N) is 6. The number of hydrogen-bond acceptors (Lipinski definition) is 21. The Bertz CT molecular complexity index is 3910. The van der Waals surface area contributed by atoms with Gasteiger partial charge in [0.25, 0.3) is 0 Å². The van der Waals surface area contributed by atoms with Gasteiger partial charge in [-0.05, 0) is 156 Å². The summed E-state index contributed by atoms with van der Waals surface area (Å²) in [6.07, 6.45) is -1.46. The van der Waals surface area contributed by atoms with E-state index < -0.39 is 192 Å². The van der Waals surface area contributed by atoms with E-state index in [9.17, 15) is 87.5 Å². The summed E-state index contributed by atoms with van der Waals surface area (Å²) in [6, 6.07) is -7.40.